The number of hydrogen-bond donors (Lipinski definition) is 1. The number of amides is 1. The molecule has 4 nitrogen and oxygen atoms in total. The molecule has 1 N–H and O–H groups in total. The summed E-state index contributed by atoms with van der Waals surface area (Å²) in [6.45, 7) is 1.29. The van der Waals surface area contributed by atoms with Crippen LogP contribution in [-0.4, -0.2) is 35.9 Å². The van der Waals surface area contributed by atoms with Crippen molar-refractivity contribution in [1.29, 1.82) is 0 Å². The topological polar surface area (TPSA) is 45.2 Å². The molecule has 0 bridgehead atoms. The number of likely N-dealkylation sites (N-methyl/N-ethyl adjacent to an activating group) is 1. The average Bonchev–Trinajstić information content (AvgIpc) is 2.79. The van der Waals surface area contributed by atoms with Crippen LogP contribution in [0.5, 0.6) is 0 Å². The first-order valence-corrected chi connectivity index (χ1v) is 5.67. The minimum absolute atomic E-state index is 0. The highest BCUT2D eigenvalue weighted by molar-refractivity contribution is 5.85. The van der Waals surface area contributed by atoms with Gasteiger partial charge in [0.25, 0.3) is 0 Å². The van der Waals surface area contributed by atoms with Gasteiger partial charge >= 0.3 is 0 Å². The summed E-state index contributed by atoms with van der Waals surface area (Å²) in [5.74, 6) is 0.182. The number of nitrogens with zero attached hydrogens (tertiary/aromatic N) is 2. The molecule has 0 aromatic carbocycles. The number of pyridine rings is 1. The van der Waals surface area contributed by atoms with Gasteiger partial charge in [-0.25, -0.2) is 0 Å². The molecule has 1 atom stereocenters. The van der Waals surface area contributed by atoms with Gasteiger partial charge in [0.15, 0.2) is 0 Å². The molecule has 1 saturated heterocycles. The first-order chi connectivity index (χ1) is 7.83. The van der Waals surface area contributed by atoms with E-state index >= 15 is 0 Å². The highest BCUT2D eigenvalue weighted by Crippen LogP contribution is 2.31. The molecule has 1 aliphatic heterocycles. The zero-order chi connectivity index (χ0) is 11.4. The molecular formula is C12H18ClN3O. The lowest BCUT2D eigenvalue weighted by Crippen LogP contribution is -2.36. The largest absolute Gasteiger partial charge is 0.335 e. The lowest BCUT2D eigenvalue weighted by Gasteiger charge is -2.24. The number of likely N-dealkylation sites (tertiary alicyclic amines) is 1. The van der Waals surface area contributed by atoms with E-state index in [0.29, 0.717) is 6.54 Å². The summed E-state index contributed by atoms with van der Waals surface area (Å²) in [6.07, 6.45) is 5.71. The zero-order valence-electron chi connectivity index (χ0n) is 9.93. The van der Waals surface area contributed by atoms with Crippen LogP contribution in [0.25, 0.3) is 0 Å². The Bertz CT molecular complexity index is 358. The monoisotopic (exact) mass is 255 g/mol. The van der Waals surface area contributed by atoms with Gasteiger partial charge in [0.1, 0.15) is 0 Å². The van der Waals surface area contributed by atoms with Crippen molar-refractivity contribution in [3.05, 3.63) is 30.1 Å². The molecule has 1 aliphatic rings. The second-order valence-corrected chi connectivity index (χ2v) is 4.06. The van der Waals surface area contributed by atoms with E-state index in [4.69, 9.17) is 0 Å². The summed E-state index contributed by atoms with van der Waals surface area (Å²) in [4.78, 5) is 17.8. The smallest absolute Gasteiger partial charge is 0.237 e. The van der Waals surface area contributed by atoms with E-state index in [0.717, 1.165) is 19.4 Å². The Morgan fingerprint density at radius 1 is 1.53 bits per heavy atom. The second kappa shape index (κ2) is 6.57. The summed E-state index contributed by atoms with van der Waals surface area (Å²) in [7, 11) is 1.80. The molecule has 0 spiro atoms. The van der Waals surface area contributed by atoms with Gasteiger partial charge in [0, 0.05) is 18.9 Å². The van der Waals surface area contributed by atoms with E-state index in [1.54, 1.807) is 19.4 Å². The highest BCUT2D eigenvalue weighted by Gasteiger charge is 2.29. The number of carbonyl (C=O) groups is 1. The minimum Gasteiger partial charge on any atom is -0.335 e. The number of halogens is 1. The lowest BCUT2D eigenvalue weighted by atomic mass is 10.1. The molecule has 2 rings (SSSR count). The second-order valence-electron chi connectivity index (χ2n) is 4.06. The zero-order valence-corrected chi connectivity index (χ0v) is 10.7. The summed E-state index contributed by atoms with van der Waals surface area (Å²) < 4.78 is 0. The Balaban J connectivity index is 0.00000144. The molecule has 1 fully saturated rings. The summed E-state index contributed by atoms with van der Waals surface area (Å²) in [5, 5.41) is 2.91. The van der Waals surface area contributed by atoms with Crippen molar-refractivity contribution in [3.63, 3.8) is 0 Å². The molecule has 1 aromatic heterocycles. The molecule has 5 heteroatoms. The van der Waals surface area contributed by atoms with Gasteiger partial charge in [-0.15, -0.1) is 12.4 Å². The van der Waals surface area contributed by atoms with Crippen LogP contribution < -0.4 is 5.32 Å². The third-order valence-corrected chi connectivity index (χ3v) is 2.99. The van der Waals surface area contributed by atoms with E-state index < -0.39 is 0 Å². The Morgan fingerprint density at radius 3 is 2.88 bits per heavy atom. The molecule has 1 aromatic rings. The molecule has 0 saturated carbocycles. The van der Waals surface area contributed by atoms with Crippen LogP contribution in [0.15, 0.2) is 24.5 Å². The Morgan fingerprint density at radius 2 is 2.24 bits per heavy atom. The van der Waals surface area contributed by atoms with Crippen molar-refractivity contribution >= 4 is 18.3 Å². The summed E-state index contributed by atoms with van der Waals surface area (Å²) in [6, 6.07) is 4.23. The fraction of sp³-hybridized carbons (Fsp3) is 0.500. The fourth-order valence-electron chi connectivity index (χ4n) is 2.25. The molecular weight excluding hydrogens is 238 g/mol. The first kappa shape index (κ1) is 13.9. The van der Waals surface area contributed by atoms with Crippen molar-refractivity contribution in [2.45, 2.75) is 18.9 Å². The van der Waals surface area contributed by atoms with Gasteiger partial charge in [-0.1, -0.05) is 0 Å². The van der Waals surface area contributed by atoms with Gasteiger partial charge in [-0.05, 0) is 37.6 Å². The first-order valence-electron chi connectivity index (χ1n) is 5.67. The minimum atomic E-state index is 0. The van der Waals surface area contributed by atoms with Gasteiger partial charge < -0.3 is 10.2 Å². The molecule has 1 amide bonds. The average molecular weight is 256 g/mol. The van der Waals surface area contributed by atoms with Gasteiger partial charge in [0.05, 0.1) is 12.6 Å². The van der Waals surface area contributed by atoms with Crippen molar-refractivity contribution in [2.24, 2.45) is 0 Å². The van der Waals surface area contributed by atoms with Gasteiger partial charge in [0.2, 0.25) is 5.91 Å². The van der Waals surface area contributed by atoms with E-state index in [2.05, 4.69) is 10.3 Å². The Hall–Kier alpha value is -1.13. The molecule has 17 heavy (non-hydrogen) atoms. The Kier molecular flexibility index (Phi) is 5.38. The van der Waals surface area contributed by atoms with Crippen molar-refractivity contribution in [2.75, 3.05) is 20.1 Å². The summed E-state index contributed by atoms with van der Waals surface area (Å²) >= 11 is 0. The third-order valence-electron chi connectivity index (χ3n) is 2.99. The molecule has 1 unspecified atom stereocenters. The molecule has 2 heterocycles. The molecule has 0 aliphatic carbocycles. The maximum Gasteiger partial charge on any atom is 0.237 e. The quantitative estimate of drug-likeness (QED) is 0.888. The van der Waals surface area contributed by atoms with Crippen LogP contribution in [0.4, 0.5) is 0 Å². The lowest BCUT2D eigenvalue weighted by molar-refractivity contribution is -0.131. The van der Waals surface area contributed by atoms with E-state index in [1.165, 1.54) is 5.56 Å². The normalized spacial score (nSPS) is 18.9. The maximum atomic E-state index is 11.9. The standard InChI is InChI=1S/C12H17N3O.ClH/c1-13-9-12(16)15-8-2-3-11(15)10-4-6-14-7-5-10;/h4-7,11,13H,2-3,8-9H2,1H3;1H. The van der Waals surface area contributed by atoms with Crippen LogP contribution in [0.3, 0.4) is 0 Å². The number of nitrogens with one attached hydrogen (secondary N) is 1. The van der Waals surface area contributed by atoms with Gasteiger partial charge in [-0.3, -0.25) is 9.78 Å². The number of rotatable bonds is 3. The van der Waals surface area contributed by atoms with Crippen molar-refractivity contribution in [3.8, 4) is 0 Å². The SMILES string of the molecule is CNCC(=O)N1CCCC1c1ccncc1.Cl. The van der Waals surface area contributed by atoms with Crippen LogP contribution in [0, 0.1) is 0 Å². The van der Waals surface area contributed by atoms with Crippen molar-refractivity contribution < 1.29 is 4.79 Å². The number of carbonyl (C=O) groups excluding carboxylic acids is 1. The van der Waals surface area contributed by atoms with Crippen LogP contribution in [0.2, 0.25) is 0 Å². The van der Waals surface area contributed by atoms with Crippen LogP contribution in [-0.2, 0) is 4.79 Å². The van der Waals surface area contributed by atoms with E-state index in [1.807, 2.05) is 17.0 Å². The highest BCUT2D eigenvalue weighted by atomic mass is 35.5. The summed E-state index contributed by atoms with van der Waals surface area (Å²) in [5.41, 5.74) is 1.19. The van der Waals surface area contributed by atoms with Gasteiger partial charge in [-0.2, -0.15) is 0 Å². The van der Waals surface area contributed by atoms with E-state index in [9.17, 15) is 4.79 Å². The molecule has 94 valence electrons. The predicted molar refractivity (Wildman–Crippen MR) is 69.1 cm³/mol. The number of aromatic nitrogens is 1. The van der Waals surface area contributed by atoms with Crippen molar-refractivity contribution in [1.82, 2.24) is 15.2 Å². The maximum absolute atomic E-state index is 11.9. The number of hydrogen-bond acceptors (Lipinski definition) is 3. The van der Waals surface area contributed by atoms with Crippen LogP contribution >= 0.6 is 12.4 Å². The van der Waals surface area contributed by atoms with Crippen LogP contribution in [0.1, 0.15) is 24.4 Å². The predicted octanol–water partition coefficient (Wildman–Crippen LogP) is 1.39. The van der Waals surface area contributed by atoms with E-state index in [-0.39, 0.29) is 24.4 Å². The Labute approximate surface area is 108 Å². The third kappa shape index (κ3) is 3.17. The molecule has 0 radical (unpaired) electrons. The fourth-order valence-corrected chi connectivity index (χ4v) is 2.25.